The number of hydrogen-bond donors (Lipinski definition) is 1. The van der Waals surface area contributed by atoms with Crippen molar-refractivity contribution in [2.75, 3.05) is 26.5 Å². The Morgan fingerprint density at radius 3 is 2.65 bits per heavy atom. The lowest BCUT2D eigenvalue weighted by Gasteiger charge is -2.08. The molecular formula is C12H23NO3S. The molecule has 0 aromatic carbocycles. The summed E-state index contributed by atoms with van der Waals surface area (Å²) in [6, 6.07) is 0. The predicted octanol–water partition coefficient (Wildman–Crippen LogP) is 1.24. The second kappa shape index (κ2) is 9.36. The van der Waals surface area contributed by atoms with E-state index < -0.39 is 10.8 Å². The van der Waals surface area contributed by atoms with Crippen LogP contribution in [0.3, 0.4) is 0 Å². The first-order chi connectivity index (χ1) is 8.02. The highest BCUT2D eigenvalue weighted by atomic mass is 32.2. The van der Waals surface area contributed by atoms with E-state index in [0.29, 0.717) is 18.5 Å². The normalized spacial score (nSPS) is 15.4. The van der Waals surface area contributed by atoms with Crippen LogP contribution in [-0.2, 0) is 20.3 Å². The first-order valence-corrected chi connectivity index (χ1v) is 7.45. The molecule has 2 unspecified atom stereocenters. The molecular weight excluding hydrogens is 238 g/mol. The lowest BCUT2D eigenvalue weighted by Crippen LogP contribution is -2.22. The first kappa shape index (κ1) is 16.3. The van der Waals surface area contributed by atoms with Crippen LogP contribution >= 0.6 is 0 Å². The second-order valence-electron chi connectivity index (χ2n) is 3.88. The molecule has 0 aliphatic rings. The predicted molar refractivity (Wildman–Crippen MR) is 71.4 cm³/mol. The largest absolute Gasteiger partial charge is 0.466 e. The van der Waals surface area contributed by atoms with Crippen molar-refractivity contribution in [2.45, 2.75) is 31.9 Å². The van der Waals surface area contributed by atoms with Gasteiger partial charge in [-0.3, -0.25) is 4.21 Å². The summed E-state index contributed by atoms with van der Waals surface area (Å²) in [6.07, 6.45) is 5.11. The number of carbonyl (C=O) groups excluding carboxylic acids is 1. The van der Waals surface area contributed by atoms with Gasteiger partial charge in [0.1, 0.15) is 0 Å². The van der Waals surface area contributed by atoms with Crippen LogP contribution in [0.25, 0.3) is 0 Å². The van der Waals surface area contributed by atoms with E-state index in [-0.39, 0.29) is 11.2 Å². The van der Waals surface area contributed by atoms with Crippen LogP contribution in [-0.4, -0.2) is 41.9 Å². The quantitative estimate of drug-likeness (QED) is 0.406. The number of carbonyl (C=O) groups is 1. The average Bonchev–Trinajstić information content (AvgIpc) is 2.32. The van der Waals surface area contributed by atoms with Gasteiger partial charge in [-0.05, 0) is 19.4 Å². The molecule has 0 aromatic rings. The van der Waals surface area contributed by atoms with Gasteiger partial charge >= 0.3 is 5.97 Å². The smallest absolute Gasteiger partial charge is 0.333 e. The van der Waals surface area contributed by atoms with Crippen molar-refractivity contribution < 1.29 is 13.7 Å². The number of methoxy groups -OCH3 is 1. The highest BCUT2D eigenvalue weighted by Gasteiger charge is 2.06. The summed E-state index contributed by atoms with van der Waals surface area (Å²) in [5, 5.41) is 3.40. The molecule has 0 heterocycles. The van der Waals surface area contributed by atoms with Gasteiger partial charge in [-0.1, -0.05) is 19.9 Å². The molecule has 0 saturated carbocycles. The Balaban J connectivity index is 3.85. The van der Waals surface area contributed by atoms with Crippen LogP contribution in [0.15, 0.2) is 11.6 Å². The standard InChI is InChI=1S/C12H23NO3S/c1-5-11(12(14)16-3)7-9-13-8-6-10(2)17(4)15/h7,10,13H,5-6,8-9H2,1-4H3. The van der Waals surface area contributed by atoms with E-state index in [1.165, 1.54) is 7.11 Å². The van der Waals surface area contributed by atoms with E-state index in [4.69, 9.17) is 0 Å². The Morgan fingerprint density at radius 1 is 1.53 bits per heavy atom. The number of rotatable bonds is 8. The lowest BCUT2D eigenvalue weighted by molar-refractivity contribution is -0.136. The minimum atomic E-state index is -0.764. The summed E-state index contributed by atoms with van der Waals surface area (Å²) in [5.41, 5.74) is 0.687. The van der Waals surface area contributed by atoms with Gasteiger partial charge in [-0.15, -0.1) is 0 Å². The third-order valence-corrected chi connectivity index (χ3v) is 3.98. The highest BCUT2D eigenvalue weighted by molar-refractivity contribution is 7.84. The Bertz CT molecular complexity index is 289. The number of esters is 1. The van der Waals surface area contributed by atoms with Gasteiger partial charge in [0, 0.05) is 34.4 Å². The molecule has 0 saturated heterocycles. The fourth-order valence-corrected chi connectivity index (χ4v) is 1.72. The second-order valence-corrected chi connectivity index (χ2v) is 5.68. The van der Waals surface area contributed by atoms with Crippen molar-refractivity contribution in [3.63, 3.8) is 0 Å². The molecule has 0 aliphatic carbocycles. The SMILES string of the molecule is CCC(=CCNCCC(C)S(C)=O)C(=O)OC. The summed E-state index contributed by atoms with van der Waals surface area (Å²) in [7, 11) is 0.622. The van der Waals surface area contributed by atoms with Gasteiger partial charge in [0.2, 0.25) is 0 Å². The monoisotopic (exact) mass is 261 g/mol. The Morgan fingerprint density at radius 2 is 2.18 bits per heavy atom. The van der Waals surface area contributed by atoms with Crippen molar-refractivity contribution >= 4 is 16.8 Å². The number of hydrogen-bond acceptors (Lipinski definition) is 4. The third-order valence-electron chi connectivity index (χ3n) is 2.62. The fourth-order valence-electron chi connectivity index (χ4n) is 1.27. The van der Waals surface area contributed by atoms with Gasteiger partial charge in [0.15, 0.2) is 0 Å². The van der Waals surface area contributed by atoms with Gasteiger partial charge in [0.05, 0.1) is 7.11 Å². The average molecular weight is 261 g/mol. The van der Waals surface area contributed by atoms with Crippen LogP contribution in [0.1, 0.15) is 26.7 Å². The zero-order chi connectivity index (χ0) is 13.3. The minimum absolute atomic E-state index is 0.206. The van der Waals surface area contributed by atoms with E-state index in [0.717, 1.165) is 13.0 Å². The molecule has 0 spiro atoms. The maximum Gasteiger partial charge on any atom is 0.333 e. The summed E-state index contributed by atoms with van der Waals surface area (Å²) < 4.78 is 15.8. The van der Waals surface area contributed by atoms with E-state index in [1.54, 1.807) is 6.26 Å². The molecule has 5 heteroatoms. The van der Waals surface area contributed by atoms with E-state index in [1.807, 2.05) is 19.9 Å². The van der Waals surface area contributed by atoms with E-state index >= 15 is 0 Å². The van der Waals surface area contributed by atoms with Crippen LogP contribution < -0.4 is 5.32 Å². The van der Waals surface area contributed by atoms with Gasteiger partial charge in [-0.2, -0.15) is 0 Å². The van der Waals surface area contributed by atoms with Gasteiger partial charge in [-0.25, -0.2) is 4.79 Å². The summed E-state index contributed by atoms with van der Waals surface area (Å²) >= 11 is 0. The third kappa shape index (κ3) is 7.28. The molecule has 0 aliphatic heterocycles. The highest BCUT2D eigenvalue weighted by Crippen LogP contribution is 2.02. The molecule has 100 valence electrons. The molecule has 4 nitrogen and oxygen atoms in total. The fraction of sp³-hybridized carbons (Fsp3) is 0.750. The maximum absolute atomic E-state index is 11.2. The zero-order valence-electron chi connectivity index (χ0n) is 11.1. The molecule has 0 rings (SSSR count). The van der Waals surface area contributed by atoms with Gasteiger partial charge < -0.3 is 10.1 Å². The van der Waals surface area contributed by atoms with Crippen molar-refractivity contribution in [1.82, 2.24) is 5.32 Å². The Kier molecular flexibility index (Phi) is 8.99. The molecule has 17 heavy (non-hydrogen) atoms. The number of nitrogens with one attached hydrogen (secondary N) is 1. The lowest BCUT2D eigenvalue weighted by atomic mass is 10.2. The van der Waals surface area contributed by atoms with Crippen LogP contribution in [0, 0.1) is 0 Å². The molecule has 0 radical (unpaired) electrons. The molecule has 0 bridgehead atoms. The molecule has 2 atom stereocenters. The summed E-state index contributed by atoms with van der Waals surface area (Å²) in [5.74, 6) is -0.266. The van der Waals surface area contributed by atoms with Crippen molar-refractivity contribution in [3.8, 4) is 0 Å². The van der Waals surface area contributed by atoms with Crippen LogP contribution in [0.4, 0.5) is 0 Å². The van der Waals surface area contributed by atoms with Crippen LogP contribution in [0.5, 0.6) is 0 Å². The molecule has 0 fully saturated rings. The van der Waals surface area contributed by atoms with Crippen molar-refractivity contribution in [1.29, 1.82) is 0 Å². The van der Waals surface area contributed by atoms with Gasteiger partial charge in [0.25, 0.3) is 0 Å². The summed E-state index contributed by atoms with van der Waals surface area (Å²) in [4.78, 5) is 11.2. The Hall–Kier alpha value is -0.680. The Labute approximate surface area is 106 Å². The molecule has 0 aromatic heterocycles. The topological polar surface area (TPSA) is 55.4 Å². The maximum atomic E-state index is 11.2. The van der Waals surface area contributed by atoms with E-state index in [2.05, 4.69) is 10.1 Å². The number of ether oxygens (including phenoxy) is 1. The molecule has 0 amide bonds. The summed E-state index contributed by atoms with van der Waals surface area (Å²) in [6.45, 7) is 5.33. The zero-order valence-corrected chi connectivity index (χ0v) is 11.9. The van der Waals surface area contributed by atoms with Crippen molar-refractivity contribution in [2.24, 2.45) is 0 Å². The minimum Gasteiger partial charge on any atom is -0.466 e. The molecule has 1 N–H and O–H groups in total. The first-order valence-electron chi connectivity index (χ1n) is 5.83. The van der Waals surface area contributed by atoms with Crippen LogP contribution in [0.2, 0.25) is 0 Å². The van der Waals surface area contributed by atoms with Crippen molar-refractivity contribution in [3.05, 3.63) is 11.6 Å². The van der Waals surface area contributed by atoms with E-state index in [9.17, 15) is 9.00 Å².